The largest absolute Gasteiger partial charge is 0.346 e. The minimum Gasteiger partial charge on any atom is -0.346 e. The fourth-order valence-corrected chi connectivity index (χ4v) is 2.09. The Kier molecular flexibility index (Phi) is 4.39. The van der Waals surface area contributed by atoms with Crippen molar-refractivity contribution in [2.75, 3.05) is 13.6 Å². The molecule has 0 saturated heterocycles. The Bertz CT molecular complexity index is 502. The second-order valence-electron chi connectivity index (χ2n) is 4.37. The number of aromatic nitrogens is 2. The van der Waals surface area contributed by atoms with Crippen LogP contribution in [0.15, 0.2) is 24.3 Å². The van der Waals surface area contributed by atoms with Crippen LogP contribution < -0.4 is 5.32 Å². The Labute approximate surface area is 113 Å². The molecule has 1 aromatic carbocycles. The summed E-state index contributed by atoms with van der Waals surface area (Å²) in [7, 11) is 1.96. The number of benzene rings is 1. The second-order valence-corrected chi connectivity index (χ2v) is 4.81. The maximum atomic E-state index is 5.89. The van der Waals surface area contributed by atoms with Gasteiger partial charge in [0.15, 0.2) is 0 Å². The summed E-state index contributed by atoms with van der Waals surface area (Å²) in [5.74, 6) is 1.05. The van der Waals surface area contributed by atoms with Crippen molar-refractivity contribution >= 4 is 11.6 Å². The van der Waals surface area contributed by atoms with Crippen LogP contribution in [-0.2, 0) is 6.42 Å². The van der Waals surface area contributed by atoms with E-state index in [2.05, 4.69) is 22.2 Å². The van der Waals surface area contributed by atoms with Gasteiger partial charge in [-0.3, -0.25) is 0 Å². The molecule has 0 fully saturated rings. The van der Waals surface area contributed by atoms with Crippen LogP contribution in [0.4, 0.5) is 0 Å². The Morgan fingerprint density at radius 2 is 2.00 bits per heavy atom. The monoisotopic (exact) mass is 263 g/mol. The number of hydrogen-bond acceptors (Lipinski definition) is 2. The van der Waals surface area contributed by atoms with Crippen molar-refractivity contribution < 1.29 is 0 Å². The van der Waals surface area contributed by atoms with Gasteiger partial charge in [-0.25, -0.2) is 4.98 Å². The summed E-state index contributed by atoms with van der Waals surface area (Å²) in [5.41, 5.74) is 3.23. The van der Waals surface area contributed by atoms with Crippen LogP contribution in [0.25, 0.3) is 11.3 Å². The van der Waals surface area contributed by atoms with Gasteiger partial charge in [-0.1, -0.05) is 23.7 Å². The maximum Gasteiger partial charge on any atom is 0.107 e. The molecule has 2 rings (SSSR count). The van der Waals surface area contributed by atoms with Gasteiger partial charge in [0.2, 0.25) is 0 Å². The molecular weight excluding hydrogens is 246 g/mol. The zero-order valence-electron chi connectivity index (χ0n) is 10.8. The van der Waals surface area contributed by atoms with Crippen molar-refractivity contribution in [1.82, 2.24) is 15.3 Å². The lowest BCUT2D eigenvalue weighted by Gasteiger charge is -1.98. The van der Waals surface area contributed by atoms with E-state index < -0.39 is 0 Å². The van der Waals surface area contributed by atoms with Crippen LogP contribution >= 0.6 is 11.6 Å². The van der Waals surface area contributed by atoms with Crippen molar-refractivity contribution in [3.05, 3.63) is 40.8 Å². The number of aromatic amines is 1. The van der Waals surface area contributed by atoms with Gasteiger partial charge in [0.1, 0.15) is 5.82 Å². The van der Waals surface area contributed by atoms with Crippen LogP contribution in [0, 0.1) is 6.92 Å². The lowest BCUT2D eigenvalue weighted by Crippen LogP contribution is -2.08. The molecule has 0 saturated carbocycles. The summed E-state index contributed by atoms with van der Waals surface area (Å²) in [6.45, 7) is 3.06. The van der Waals surface area contributed by atoms with E-state index in [1.54, 1.807) is 0 Å². The third-order valence-electron chi connectivity index (χ3n) is 2.89. The van der Waals surface area contributed by atoms with Crippen LogP contribution in [-0.4, -0.2) is 23.6 Å². The van der Waals surface area contributed by atoms with E-state index >= 15 is 0 Å². The minimum absolute atomic E-state index is 0.751. The van der Waals surface area contributed by atoms with Gasteiger partial charge in [0, 0.05) is 22.7 Å². The molecule has 0 bridgehead atoms. The molecule has 18 heavy (non-hydrogen) atoms. The first-order valence-corrected chi connectivity index (χ1v) is 6.54. The SMILES string of the molecule is CNCCCc1nc(-c2ccc(Cl)cc2)c(C)[nH]1. The highest BCUT2D eigenvalue weighted by Crippen LogP contribution is 2.23. The highest BCUT2D eigenvalue weighted by molar-refractivity contribution is 6.30. The minimum atomic E-state index is 0.751. The predicted octanol–water partition coefficient (Wildman–Crippen LogP) is 3.19. The first kappa shape index (κ1) is 13.1. The average Bonchev–Trinajstić information content (AvgIpc) is 2.72. The average molecular weight is 264 g/mol. The molecule has 0 atom stereocenters. The Hall–Kier alpha value is -1.32. The number of imidazole rings is 1. The second kappa shape index (κ2) is 6.03. The van der Waals surface area contributed by atoms with E-state index in [1.165, 1.54) is 0 Å². The van der Waals surface area contributed by atoms with Crippen LogP contribution in [0.3, 0.4) is 0 Å². The topological polar surface area (TPSA) is 40.7 Å². The third kappa shape index (κ3) is 3.12. The zero-order valence-corrected chi connectivity index (χ0v) is 11.5. The van der Waals surface area contributed by atoms with E-state index in [0.717, 1.165) is 47.2 Å². The summed E-state index contributed by atoms with van der Waals surface area (Å²) >= 11 is 5.89. The van der Waals surface area contributed by atoms with E-state index in [-0.39, 0.29) is 0 Å². The lowest BCUT2D eigenvalue weighted by molar-refractivity contribution is 0.707. The Balaban J connectivity index is 2.16. The summed E-state index contributed by atoms with van der Waals surface area (Å²) in [6.07, 6.45) is 2.05. The molecule has 4 heteroatoms. The summed E-state index contributed by atoms with van der Waals surface area (Å²) in [6, 6.07) is 7.79. The van der Waals surface area contributed by atoms with Gasteiger partial charge < -0.3 is 10.3 Å². The van der Waals surface area contributed by atoms with Crippen LogP contribution in [0.2, 0.25) is 5.02 Å². The molecular formula is C14H18ClN3. The number of nitrogens with zero attached hydrogens (tertiary/aromatic N) is 1. The molecule has 0 spiro atoms. The smallest absolute Gasteiger partial charge is 0.107 e. The Morgan fingerprint density at radius 3 is 2.67 bits per heavy atom. The number of rotatable bonds is 5. The normalized spacial score (nSPS) is 10.8. The lowest BCUT2D eigenvalue weighted by atomic mass is 10.1. The molecule has 1 aromatic heterocycles. The molecule has 2 aromatic rings. The van der Waals surface area contributed by atoms with Crippen molar-refractivity contribution in [2.45, 2.75) is 19.8 Å². The van der Waals surface area contributed by atoms with Gasteiger partial charge in [0.25, 0.3) is 0 Å². The van der Waals surface area contributed by atoms with Gasteiger partial charge in [-0.05, 0) is 39.1 Å². The fraction of sp³-hybridized carbons (Fsp3) is 0.357. The molecule has 0 aliphatic heterocycles. The fourth-order valence-electron chi connectivity index (χ4n) is 1.96. The van der Waals surface area contributed by atoms with Crippen LogP contribution in [0.5, 0.6) is 0 Å². The van der Waals surface area contributed by atoms with Gasteiger partial charge in [-0.2, -0.15) is 0 Å². The van der Waals surface area contributed by atoms with Crippen molar-refractivity contribution in [1.29, 1.82) is 0 Å². The first-order valence-electron chi connectivity index (χ1n) is 6.16. The van der Waals surface area contributed by atoms with Crippen molar-refractivity contribution in [2.24, 2.45) is 0 Å². The number of aryl methyl sites for hydroxylation is 2. The highest BCUT2D eigenvalue weighted by atomic mass is 35.5. The molecule has 0 aliphatic carbocycles. The molecule has 0 radical (unpaired) electrons. The van der Waals surface area contributed by atoms with E-state index in [4.69, 9.17) is 11.6 Å². The molecule has 2 N–H and O–H groups in total. The molecule has 0 aliphatic rings. The number of H-pyrrole nitrogens is 1. The highest BCUT2D eigenvalue weighted by Gasteiger charge is 2.08. The standard InChI is InChI=1S/C14H18ClN3/c1-10-14(11-5-7-12(15)8-6-11)18-13(17-10)4-3-9-16-2/h5-8,16H,3-4,9H2,1-2H3,(H,17,18). The van der Waals surface area contributed by atoms with Gasteiger partial charge >= 0.3 is 0 Å². The number of hydrogen-bond donors (Lipinski definition) is 2. The molecule has 1 heterocycles. The van der Waals surface area contributed by atoms with Crippen LogP contribution in [0.1, 0.15) is 17.9 Å². The zero-order chi connectivity index (χ0) is 13.0. The molecule has 0 unspecified atom stereocenters. The molecule has 0 amide bonds. The van der Waals surface area contributed by atoms with Gasteiger partial charge in [-0.15, -0.1) is 0 Å². The molecule has 96 valence electrons. The Morgan fingerprint density at radius 1 is 1.28 bits per heavy atom. The number of halogens is 1. The number of nitrogens with one attached hydrogen (secondary N) is 2. The predicted molar refractivity (Wildman–Crippen MR) is 76.0 cm³/mol. The van der Waals surface area contributed by atoms with Crippen molar-refractivity contribution in [3.63, 3.8) is 0 Å². The van der Waals surface area contributed by atoms with E-state index in [9.17, 15) is 0 Å². The summed E-state index contributed by atoms with van der Waals surface area (Å²) in [4.78, 5) is 8.00. The molecule has 3 nitrogen and oxygen atoms in total. The quantitative estimate of drug-likeness (QED) is 0.814. The third-order valence-corrected chi connectivity index (χ3v) is 3.14. The summed E-state index contributed by atoms with van der Waals surface area (Å²) in [5, 5.41) is 3.89. The van der Waals surface area contributed by atoms with E-state index in [1.807, 2.05) is 31.3 Å². The summed E-state index contributed by atoms with van der Waals surface area (Å²) < 4.78 is 0. The van der Waals surface area contributed by atoms with Crippen molar-refractivity contribution in [3.8, 4) is 11.3 Å². The maximum absolute atomic E-state index is 5.89. The first-order chi connectivity index (χ1) is 8.70. The van der Waals surface area contributed by atoms with Gasteiger partial charge in [0.05, 0.1) is 5.69 Å². The van der Waals surface area contributed by atoms with E-state index in [0.29, 0.717) is 0 Å².